The number of likely N-dealkylation sites (tertiary alicyclic amines) is 1. The molecule has 30 heavy (non-hydrogen) atoms. The van der Waals surface area contributed by atoms with Crippen LogP contribution in [0.5, 0.6) is 0 Å². The van der Waals surface area contributed by atoms with Gasteiger partial charge in [0.2, 0.25) is 0 Å². The summed E-state index contributed by atoms with van der Waals surface area (Å²) in [6.45, 7) is 6.62. The summed E-state index contributed by atoms with van der Waals surface area (Å²) in [5.41, 5.74) is 4.72. The van der Waals surface area contributed by atoms with Gasteiger partial charge in [-0.1, -0.05) is 30.3 Å². The molecule has 4 heterocycles. The molecule has 0 radical (unpaired) electrons. The van der Waals surface area contributed by atoms with Crippen LogP contribution in [0, 0.1) is 0 Å². The number of aromatic nitrogens is 2. The third-order valence-electron chi connectivity index (χ3n) is 6.61. The number of carbonyl (C=O) groups excluding carboxylic acids is 1. The number of piperidine rings is 1. The Kier molecular flexibility index (Phi) is 5.25. The number of fused-ring (bicyclic) bond motifs is 2. The van der Waals surface area contributed by atoms with E-state index in [1.165, 1.54) is 0 Å². The minimum Gasteiger partial charge on any atom is -0.356 e. The molecule has 0 unspecified atom stereocenters. The van der Waals surface area contributed by atoms with E-state index in [0.29, 0.717) is 11.6 Å². The highest BCUT2D eigenvalue weighted by atomic mass is 16.5. The van der Waals surface area contributed by atoms with E-state index < -0.39 is 0 Å². The quantitative estimate of drug-likeness (QED) is 0.649. The molecule has 0 N–H and O–H groups in total. The molecule has 156 valence electrons. The Morgan fingerprint density at radius 1 is 1.07 bits per heavy atom. The predicted octanol–water partition coefficient (Wildman–Crippen LogP) is 3.66. The monoisotopic (exact) mass is 404 g/mol. The van der Waals surface area contributed by atoms with Gasteiger partial charge in [0, 0.05) is 36.6 Å². The van der Waals surface area contributed by atoms with Crippen LogP contribution < -0.4 is 0 Å². The van der Waals surface area contributed by atoms with E-state index in [1.807, 2.05) is 29.2 Å². The summed E-state index contributed by atoms with van der Waals surface area (Å²) in [7, 11) is 0. The molecule has 6 nitrogen and oxygen atoms in total. The summed E-state index contributed by atoms with van der Waals surface area (Å²) < 4.78 is 5.50. The molecular weight excluding hydrogens is 376 g/mol. The van der Waals surface area contributed by atoms with Gasteiger partial charge in [0.1, 0.15) is 5.69 Å². The van der Waals surface area contributed by atoms with Crippen LogP contribution in [0.1, 0.15) is 53.1 Å². The Morgan fingerprint density at radius 2 is 1.90 bits per heavy atom. The maximum Gasteiger partial charge on any atom is 0.272 e. The van der Waals surface area contributed by atoms with Crippen molar-refractivity contribution in [2.75, 3.05) is 32.7 Å². The van der Waals surface area contributed by atoms with Crippen LogP contribution in [0.3, 0.4) is 0 Å². The highest BCUT2D eigenvalue weighted by Crippen LogP contribution is 2.32. The van der Waals surface area contributed by atoms with Gasteiger partial charge in [-0.15, -0.1) is 0 Å². The lowest BCUT2D eigenvalue weighted by molar-refractivity contribution is 0.0703. The van der Waals surface area contributed by atoms with Crippen molar-refractivity contribution in [1.82, 2.24) is 19.9 Å². The van der Waals surface area contributed by atoms with Crippen LogP contribution in [0.4, 0.5) is 0 Å². The SMILES string of the molecule is CCc1ccc2c(n1)C(=O)N(CCN1CCC(c3noc4ccccc34)CC1)CC2. The number of amides is 1. The molecule has 1 amide bonds. The van der Waals surface area contributed by atoms with Gasteiger partial charge in [-0.3, -0.25) is 4.79 Å². The summed E-state index contributed by atoms with van der Waals surface area (Å²) >= 11 is 0. The first kappa shape index (κ1) is 19.2. The predicted molar refractivity (Wildman–Crippen MR) is 116 cm³/mol. The zero-order valence-electron chi connectivity index (χ0n) is 17.5. The third kappa shape index (κ3) is 3.60. The molecule has 1 aromatic carbocycles. The molecule has 3 aromatic rings. The van der Waals surface area contributed by atoms with E-state index in [-0.39, 0.29) is 5.91 Å². The van der Waals surface area contributed by atoms with Crippen molar-refractivity contribution in [2.24, 2.45) is 0 Å². The van der Waals surface area contributed by atoms with Crippen LogP contribution in [0.15, 0.2) is 40.9 Å². The van der Waals surface area contributed by atoms with Gasteiger partial charge in [-0.05, 0) is 62.5 Å². The number of benzene rings is 1. The minimum atomic E-state index is 0.0931. The van der Waals surface area contributed by atoms with Gasteiger partial charge in [-0.2, -0.15) is 0 Å². The van der Waals surface area contributed by atoms with Crippen LogP contribution in [0.2, 0.25) is 0 Å². The zero-order chi connectivity index (χ0) is 20.5. The molecule has 2 aliphatic rings. The molecule has 5 rings (SSSR count). The van der Waals surface area contributed by atoms with E-state index in [4.69, 9.17) is 4.52 Å². The fourth-order valence-corrected chi connectivity index (χ4v) is 4.72. The maximum absolute atomic E-state index is 12.9. The van der Waals surface area contributed by atoms with Gasteiger partial charge in [-0.25, -0.2) is 4.98 Å². The van der Waals surface area contributed by atoms with Crippen LogP contribution >= 0.6 is 0 Å². The smallest absolute Gasteiger partial charge is 0.272 e. The highest BCUT2D eigenvalue weighted by Gasteiger charge is 2.28. The lowest BCUT2D eigenvalue weighted by Crippen LogP contribution is -2.44. The summed E-state index contributed by atoms with van der Waals surface area (Å²) in [6, 6.07) is 12.2. The first-order valence-corrected chi connectivity index (χ1v) is 11.1. The fraction of sp³-hybridized carbons (Fsp3) is 0.458. The first-order valence-electron chi connectivity index (χ1n) is 11.1. The van der Waals surface area contributed by atoms with Crippen molar-refractivity contribution < 1.29 is 9.32 Å². The molecule has 1 fully saturated rings. The van der Waals surface area contributed by atoms with E-state index in [2.05, 4.69) is 34.1 Å². The molecule has 0 spiro atoms. The molecule has 2 aliphatic heterocycles. The third-order valence-corrected chi connectivity index (χ3v) is 6.61. The molecular formula is C24H28N4O2. The summed E-state index contributed by atoms with van der Waals surface area (Å²) in [6.07, 6.45) is 3.92. The Balaban J connectivity index is 1.17. The van der Waals surface area contributed by atoms with Crippen LogP contribution in [-0.2, 0) is 12.8 Å². The molecule has 1 saturated heterocycles. The lowest BCUT2D eigenvalue weighted by atomic mass is 9.91. The van der Waals surface area contributed by atoms with Crippen molar-refractivity contribution in [3.8, 4) is 0 Å². The number of para-hydroxylation sites is 1. The van der Waals surface area contributed by atoms with Crippen molar-refractivity contribution in [3.05, 3.63) is 59.0 Å². The Bertz CT molecular complexity index is 1050. The first-order chi connectivity index (χ1) is 14.7. The molecule has 0 aliphatic carbocycles. The van der Waals surface area contributed by atoms with Crippen molar-refractivity contribution >= 4 is 16.9 Å². The van der Waals surface area contributed by atoms with Crippen molar-refractivity contribution in [1.29, 1.82) is 0 Å². The van der Waals surface area contributed by atoms with E-state index in [0.717, 1.165) is 86.3 Å². The Morgan fingerprint density at radius 3 is 2.73 bits per heavy atom. The average molecular weight is 405 g/mol. The number of rotatable bonds is 5. The van der Waals surface area contributed by atoms with E-state index in [9.17, 15) is 4.79 Å². The lowest BCUT2D eigenvalue weighted by Gasteiger charge is -2.34. The largest absolute Gasteiger partial charge is 0.356 e. The number of carbonyl (C=O) groups is 1. The normalized spacial score (nSPS) is 18.2. The molecule has 6 heteroatoms. The van der Waals surface area contributed by atoms with E-state index >= 15 is 0 Å². The molecule has 0 bridgehead atoms. The van der Waals surface area contributed by atoms with E-state index in [1.54, 1.807) is 0 Å². The standard InChI is InChI=1S/C24H28N4O2/c1-2-19-8-7-17-11-14-28(24(29)23(17)25-19)16-15-27-12-9-18(10-13-27)22-20-5-3-4-6-21(20)30-26-22/h3-8,18H,2,9-16H2,1H3. The van der Waals surface area contributed by atoms with Gasteiger partial charge in [0.05, 0.1) is 5.69 Å². The number of pyridine rings is 1. The number of hydrogen-bond donors (Lipinski definition) is 0. The van der Waals surface area contributed by atoms with Gasteiger partial charge >= 0.3 is 0 Å². The average Bonchev–Trinajstić information content (AvgIpc) is 3.23. The topological polar surface area (TPSA) is 62.5 Å². The fourth-order valence-electron chi connectivity index (χ4n) is 4.72. The number of nitrogens with zero attached hydrogens (tertiary/aromatic N) is 4. The van der Waals surface area contributed by atoms with Crippen LogP contribution in [-0.4, -0.2) is 58.6 Å². The Labute approximate surface area is 176 Å². The van der Waals surface area contributed by atoms with Gasteiger partial charge in [0.25, 0.3) is 5.91 Å². The minimum absolute atomic E-state index is 0.0931. The second-order valence-electron chi connectivity index (χ2n) is 8.39. The second kappa shape index (κ2) is 8.19. The summed E-state index contributed by atoms with van der Waals surface area (Å²) in [4.78, 5) is 22.0. The highest BCUT2D eigenvalue weighted by molar-refractivity contribution is 5.94. The molecule has 2 aromatic heterocycles. The zero-order valence-corrected chi connectivity index (χ0v) is 17.5. The number of aryl methyl sites for hydroxylation is 1. The number of hydrogen-bond acceptors (Lipinski definition) is 5. The Hall–Kier alpha value is -2.73. The molecule has 0 atom stereocenters. The summed E-state index contributed by atoms with van der Waals surface area (Å²) in [5.74, 6) is 0.542. The van der Waals surface area contributed by atoms with Gasteiger partial charge in [0.15, 0.2) is 5.58 Å². The van der Waals surface area contributed by atoms with Crippen LogP contribution in [0.25, 0.3) is 11.0 Å². The van der Waals surface area contributed by atoms with Crippen molar-refractivity contribution in [3.63, 3.8) is 0 Å². The maximum atomic E-state index is 12.9. The summed E-state index contributed by atoms with van der Waals surface area (Å²) in [5, 5.41) is 5.50. The van der Waals surface area contributed by atoms with Gasteiger partial charge < -0.3 is 14.3 Å². The second-order valence-corrected chi connectivity index (χ2v) is 8.39. The molecule has 0 saturated carbocycles. The van der Waals surface area contributed by atoms with Crippen molar-refractivity contribution in [2.45, 2.75) is 38.5 Å².